The minimum atomic E-state index is -0.515. The van der Waals surface area contributed by atoms with Gasteiger partial charge in [-0.15, -0.1) is 0 Å². The van der Waals surface area contributed by atoms with Crippen molar-refractivity contribution in [3.63, 3.8) is 0 Å². The second-order valence-corrected chi connectivity index (χ2v) is 7.85. The van der Waals surface area contributed by atoms with Gasteiger partial charge in [-0.2, -0.15) is 0 Å². The number of amides is 2. The van der Waals surface area contributed by atoms with Gasteiger partial charge in [0, 0.05) is 35.8 Å². The van der Waals surface area contributed by atoms with Crippen LogP contribution in [-0.2, 0) is 4.79 Å². The summed E-state index contributed by atoms with van der Waals surface area (Å²) in [6.45, 7) is 3.68. The Morgan fingerprint density at radius 1 is 1.18 bits per heavy atom. The maximum atomic E-state index is 13.7. The highest BCUT2D eigenvalue weighted by Gasteiger charge is 2.47. The largest absolute Gasteiger partial charge is 0.378 e. The monoisotopic (exact) mass is 381 g/mol. The number of carbonyl (C=O) groups excluding carboxylic acids is 2. The molecule has 0 spiro atoms. The van der Waals surface area contributed by atoms with E-state index in [-0.39, 0.29) is 29.7 Å². The summed E-state index contributed by atoms with van der Waals surface area (Å²) in [6.07, 6.45) is 2.19. The smallest absolute Gasteiger partial charge is 0.248 e. The Morgan fingerprint density at radius 3 is 2.54 bits per heavy atom. The van der Waals surface area contributed by atoms with Gasteiger partial charge in [-0.1, -0.05) is 13.0 Å². The van der Waals surface area contributed by atoms with E-state index in [2.05, 4.69) is 12.2 Å². The normalized spacial score (nSPS) is 23.8. The quantitative estimate of drug-likeness (QED) is 0.844. The van der Waals surface area contributed by atoms with Crippen LogP contribution in [0.25, 0.3) is 0 Å². The summed E-state index contributed by atoms with van der Waals surface area (Å²) in [5.41, 5.74) is 8.18. The van der Waals surface area contributed by atoms with Gasteiger partial charge in [0.25, 0.3) is 0 Å². The van der Waals surface area contributed by atoms with Gasteiger partial charge in [0.1, 0.15) is 5.82 Å². The van der Waals surface area contributed by atoms with Gasteiger partial charge in [-0.25, -0.2) is 4.39 Å². The molecule has 1 fully saturated rings. The molecule has 146 valence electrons. The van der Waals surface area contributed by atoms with Crippen LogP contribution in [0.2, 0.25) is 0 Å². The molecule has 5 nitrogen and oxygen atoms in total. The topological polar surface area (TPSA) is 75.4 Å². The fraction of sp³-hybridized carbons (Fsp3) is 0.364. The number of nitrogens with two attached hydrogens (primary N) is 1. The molecule has 6 heteroatoms. The summed E-state index contributed by atoms with van der Waals surface area (Å²) < 4.78 is 13.7. The third-order valence-electron chi connectivity index (χ3n) is 5.86. The molecule has 1 heterocycles. The van der Waals surface area contributed by atoms with Gasteiger partial charge in [-0.05, 0) is 60.7 Å². The first-order chi connectivity index (χ1) is 13.4. The summed E-state index contributed by atoms with van der Waals surface area (Å²) in [5.74, 6) is -0.307. The van der Waals surface area contributed by atoms with Crippen LogP contribution in [-0.4, -0.2) is 17.9 Å². The van der Waals surface area contributed by atoms with E-state index in [1.165, 1.54) is 12.1 Å². The number of nitrogens with one attached hydrogen (secondary N) is 1. The average Bonchev–Trinajstić information content (AvgIpc) is 3.47. The lowest BCUT2D eigenvalue weighted by Gasteiger charge is -2.46. The van der Waals surface area contributed by atoms with Crippen molar-refractivity contribution in [1.82, 2.24) is 0 Å². The molecule has 0 radical (unpaired) electrons. The van der Waals surface area contributed by atoms with Gasteiger partial charge in [0.15, 0.2) is 0 Å². The SMILES string of the molecule is CC(=O)N1c2ccc(C(N)=O)cc2[C@H](Nc2cccc(F)c2)[C@@H](C)[C@@H]1C1CC1. The maximum absolute atomic E-state index is 13.7. The summed E-state index contributed by atoms with van der Waals surface area (Å²) in [5, 5.41) is 3.44. The highest BCUT2D eigenvalue weighted by Crippen LogP contribution is 2.50. The number of benzene rings is 2. The van der Waals surface area contributed by atoms with Crippen molar-refractivity contribution < 1.29 is 14.0 Å². The van der Waals surface area contributed by atoms with E-state index < -0.39 is 5.91 Å². The number of fused-ring (bicyclic) bond motifs is 1. The molecule has 0 bridgehead atoms. The zero-order valence-electron chi connectivity index (χ0n) is 16.0. The summed E-state index contributed by atoms with van der Waals surface area (Å²) in [4.78, 5) is 26.2. The Labute approximate surface area is 163 Å². The molecule has 2 aromatic rings. The molecule has 2 aromatic carbocycles. The minimum absolute atomic E-state index is 0.0129. The third-order valence-corrected chi connectivity index (χ3v) is 5.86. The van der Waals surface area contributed by atoms with Gasteiger partial charge in [0.05, 0.1) is 6.04 Å². The van der Waals surface area contributed by atoms with Crippen molar-refractivity contribution in [2.75, 3.05) is 10.2 Å². The van der Waals surface area contributed by atoms with Crippen LogP contribution in [0.3, 0.4) is 0 Å². The predicted molar refractivity (Wildman–Crippen MR) is 107 cm³/mol. The Morgan fingerprint density at radius 2 is 1.93 bits per heavy atom. The van der Waals surface area contributed by atoms with Crippen molar-refractivity contribution >= 4 is 23.2 Å². The molecule has 2 amide bonds. The van der Waals surface area contributed by atoms with E-state index in [9.17, 15) is 14.0 Å². The number of nitrogens with zero attached hydrogens (tertiary/aromatic N) is 1. The molecule has 0 unspecified atom stereocenters. The Hall–Kier alpha value is -2.89. The van der Waals surface area contributed by atoms with Crippen LogP contribution in [0.1, 0.15) is 48.7 Å². The molecule has 3 atom stereocenters. The lowest BCUT2D eigenvalue weighted by atomic mass is 9.79. The number of hydrogen-bond donors (Lipinski definition) is 2. The third kappa shape index (κ3) is 3.23. The fourth-order valence-corrected chi connectivity index (χ4v) is 4.48. The van der Waals surface area contributed by atoms with E-state index >= 15 is 0 Å². The Kier molecular flexibility index (Phi) is 4.57. The molecule has 4 rings (SSSR count). The lowest BCUT2D eigenvalue weighted by molar-refractivity contribution is -0.117. The summed E-state index contributed by atoms with van der Waals surface area (Å²) >= 11 is 0. The van der Waals surface area contributed by atoms with Crippen LogP contribution in [0.5, 0.6) is 0 Å². The van der Waals surface area contributed by atoms with Gasteiger partial charge < -0.3 is 16.0 Å². The van der Waals surface area contributed by atoms with Crippen molar-refractivity contribution in [2.45, 2.75) is 38.8 Å². The number of primary amides is 1. The molecule has 0 saturated heterocycles. The fourth-order valence-electron chi connectivity index (χ4n) is 4.48. The highest BCUT2D eigenvalue weighted by molar-refractivity contribution is 5.97. The van der Waals surface area contributed by atoms with E-state index in [0.717, 1.165) is 24.1 Å². The highest BCUT2D eigenvalue weighted by atomic mass is 19.1. The van der Waals surface area contributed by atoms with Crippen molar-refractivity contribution in [1.29, 1.82) is 0 Å². The van der Waals surface area contributed by atoms with Gasteiger partial charge >= 0.3 is 0 Å². The minimum Gasteiger partial charge on any atom is -0.378 e. The van der Waals surface area contributed by atoms with Crippen LogP contribution < -0.4 is 16.0 Å². The van der Waals surface area contributed by atoms with Crippen LogP contribution in [0.15, 0.2) is 42.5 Å². The summed E-state index contributed by atoms with van der Waals surface area (Å²) in [7, 11) is 0. The number of halogens is 1. The second-order valence-electron chi connectivity index (χ2n) is 7.85. The van der Waals surface area contributed by atoms with Crippen LogP contribution in [0.4, 0.5) is 15.8 Å². The molecular formula is C22H24FN3O2. The predicted octanol–water partition coefficient (Wildman–Crippen LogP) is 3.86. The molecule has 1 aliphatic heterocycles. The van der Waals surface area contributed by atoms with Crippen molar-refractivity contribution in [2.24, 2.45) is 17.6 Å². The van der Waals surface area contributed by atoms with E-state index in [1.807, 2.05) is 11.0 Å². The number of hydrogen-bond acceptors (Lipinski definition) is 3. The van der Waals surface area contributed by atoms with E-state index in [1.54, 1.807) is 31.2 Å². The van der Waals surface area contributed by atoms with E-state index in [4.69, 9.17) is 5.73 Å². The van der Waals surface area contributed by atoms with Gasteiger partial charge in [-0.3, -0.25) is 9.59 Å². The van der Waals surface area contributed by atoms with Gasteiger partial charge in [0.2, 0.25) is 11.8 Å². The Bertz CT molecular complexity index is 941. The van der Waals surface area contributed by atoms with E-state index in [0.29, 0.717) is 17.2 Å². The molecule has 1 aliphatic carbocycles. The number of carbonyl (C=O) groups is 2. The molecule has 0 aromatic heterocycles. The van der Waals surface area contributed by atoms with Crippen molar-refractivity contribution in [3.05, 3.63) is 59.4 Å². The van der Waals surface area contributed by atoms with Crippen LogP contribution in [0, 0.1) is 17.7 Å². The molecule has 2 aliphatic rings. The number of rotatable bonds is 4. The first-order valence-corrected chi connectivity index (χ1v) is 9.62. The summed E-state index contributed by atoms with van der Waals surface area (Å²) in [6, 6.07) is 11.4. The Balaban J connectivity index is 1.83. The first-order valence-electron chi connectivity index (χ1n) is 9.62. The molecule has 3 N–H and O–H groups in total. The number of anilines is 2. The molecular weight excluding hydrogens is 357 g/mol. The zero-order valence-corrected chi connectivity index (χ0v) is 16.0. The molecule has 1 saturated carbocycles. The molecule has 28 heavy (non-hydrogen) atoms. The van der Waals surface area contributed by atoms with Crippen molar-refractivity contribution in [3.8, 4) is 0 Å². The average molecular weight is 381 g/mol. The zero-order chi connectivity index (χ0) is 20.0. The second kappa shape index (κ2) is 6.93. The standard InChI is InChI=1S/C22H24FN3O2/c1-12-20(25-17-5-3-4-16(23)11-17)18-10-15(22(24)28)8-9-19(18)26(13(2)27)21(12)14-6-7-14/h3-5,8-12,14,20-21,25H,6-7H2,1-2H3,(H2,24,28)/t12-,20-,21-/m1/s1. The first kappa shape index (κ1) is 18.5. The van der Waals surface area contributed by atoms with Crippen LogP contribution >= 0.6 is 0 Å². The lowest BCUT2D eigenvalue weighted by Crippen LogP contribution is -2.51. The maximum Gasteiger partial charge on any atom is 0.248 e.